The molecule has 1 aromatic carbocycles. The molecule has 2 rings (SSSR count). The molecule has 0 atom stereocenters. The van der Waals surface area contributed by atoms with Crippen LogP contribution >= 0.6 is 0 Å². The van der Waals surface area contributed by atoms with Gasteiger partial charge in [-0.3, -0.25) is 22.6 Å². The van der Waals surface area contributed by atoms with E-state index >= 15 is 0 Å². The third kappa shape index (κ3) is 9.85. The van der Waals surface area contributed by atoms with Crippen LogP contribution in [0.5, 0.6) is 0 Å². The number of unbranched alkanes of at least 4 members (excludes halogenated alkanes) is 1. The second kappa shape index (κ2) is 14.1. The minimum absolute atomic E-state index is 0. The van der Waals surface area contributed by atoms with E-state index in [1.165, 1.54) is 24.8 Å². The summed E-state index contributed by atoms with van der Waals surface area (Å²) in [7, 11) is 1.35. The van der Waals surface area contributed by atoms with Crippen LogP contribution in [-0.4, -0.2) is 28.1 Å². The fourth-order valence-electron chi connectivity index (χ4n) is 2.16. The maximum absolute atomic E-state index is 10.9. The van der Waals surface area contributed by atoms with Gasteiger partial charge in [-0.2, -0.15) is 0 Å². The normalized spacial score (nSPS) is 9.64. The fraction of sp³-hybridized carbons (Fsp3) is 0.353. The van der Waals surface area contributed by atoms with Crippen molar-refractivity contribution in [3.8, 4) is 0 Å². The number of benzene rings is 1. The molecule has 1 radical (unpaired) electrons. The Morgan fingerprint density at radius 2 is 1.96 bits per heavy atom. The number of carbonyl (C=O) groups is 1. The van der Waals surface area contributed by atoms with Gasteiger partial charge in [-0.1, -0.05) is 35.0 Å². The average Bonchev–Trinajstić information content (AvgIpc) is 3.10. The quantitative estimate of drug-likeness (QED) is 0.279. The van der Waals surface area contributed by atoms with E-state index in [0.717, 1.165) is 32.2 Å². The first-order valence-corrected chi connectivity index (χ1v) is 7.69. The van der Waals surface area contributed by atoms with Crippen molar-refractivity contribution < 1.29 is 49.2 Å². The molecule has 1 heterocycles. The second-order valence-corrected chi connectivity index (χ2v) is 5.18. The molecule has 1 aromatic heterocycles. The summed E-state index contributed by atoms with van der Waals surface area (Å²) in [5, 5.41) is 10.6. The Labute approximate surface area is 175 Å². The largest absolute Gasteiger partial charge is 0.596 e. The first-order valence-electron chi connectivity index (χ1n) is 7.69. The molecule has 6 nitrogen and oxygen atoms in total. The third-order valence-electron chi connectivity index (χ3n) is 3.46. The van der Waals surface area contributed by atoms with Gasteiger partial charge in [0, 0.05) is 52.4 Å². The van der Waals surface area contributed by atoms with Gasteiger partial charge >= 0.3 is 0 Å². The summed E-state index contributed by atoms with van der Waals surface area (Å²) >= 11 is 0. The number of carbonyl (C=O) groups excluding carboxylic acids is 1. The molecular formula is C17H22N4O2VW-2. The van der Waals surface area contributed by atoms with Crippen LogP contribution in [0.25, 0.3) is 0 Å². The molecule has 0 aliphatic heterocycles. The molecular weight excluding hydrogens is 527 g/mol. The zero-order chi connectivity index (χ0) is 16.3. The van der Waals surface area contributed by atoms with Crippen LogP contribution in [-0.2, 0) is 68.5 Å². The number of ether oxygens (including phenoxy) is 1. The Morgan fingerprint density at radius 1 is 1.24 bits per heavy atom. The van der Waals surface area contributed by atoms with Gasteiger partial charge < -0.3 is 10.1 Å². The minimum Gasteiger partial charge on any atom is -0.596 e. The maximum Gasteiger partial charge on any atom is 0.176 e. The van der Waals surface area contributed by atoms with Crippen molar-refractivity contribution in [1.29, 1.82) is 0 Å². The maximum atomic E-state index is 10.9. The fourth-order valence-corrected chi connectivity index (χ4v) is 2.16. The van der Waals surface area contributed by atoms with Crippen molar-refractivity contribution in [3.05, 3.63) is 60.9 Å². The number of esters is 1. The Hall–Kier alpha value is -1.07. The number of hydrogen-bond donors (Lipinski definition) is 1. The van der Waals surface area contributed by atoms with Gasteiger partial charge in [0.2, 0.25) is 0 Å². The first-order chi connectivity index (χ1) is 11.3. The van der Waals surface area contributed by atoms with Crippen LogP contribution in [0.1, 0.15) is 24.0 Å². The van der Waals surface area contributed by atoms with Gasteiger partial charge in [-0.25, -0.2) is 0 Å². The first kappa shape index (κ1) is 23.9. The Bertz CT molecular complexity index is 579. The standard InChI is InChI=1S/C17H22N4O2.V.W/c1-23-17(22)14-18-10-9-16-7-5-15(6-8-16)4-2-3-12-21-13-11-19-20-21;;/h5-8,10-11,13-14,18H,2-4,9,12H2,1H3;;/q-2;;. The van der Waals surface area contributed by atoms with Gasteiger partial charge in [0.05, 0.1) is 13.3 Å². The third-order valence-corrected chi connectivity index (χ3v) is 3.46. The van der Waals surface area contributed by atoms with Crippen molar-refractivity contribution in [2.24, 2.45) is 0 Å². The summed E-state index contributed by atoms with van der Waals surface area (Å²) in [5.41, 5.74) is 2.53. The number of methoxy groups -OCH3 is 1. The molecule has 0 aliphatic rings. The molecule has 8 heteroatoms. The summed E-state index contributed by atoms with van der Waals surface area (Å²) in [6.45, 7) is 4.03. The van der Waals surface area contributed by atoms with Crippen molar-refractivity contribution >= 4 is 5.97 Å². The van der Waals surface area contributed by atoms with Gasteiger partial charge in [0.15, 0.2) is 5.97 Å². The number of nitrogens with zero attached hydrogens (tertiary/aromatic N) is 3. The monoisotopic (exact) mass is 549 g/mol. The summed E-state index contributed by atoms with van der Waals surface area (Å²) in [5.74, 6) is -0.387. The van der Waals surface area contributed by atoms with Crippen molar-refractivity contribution in [2.75, 3.05) is 7.11 Å². The molecule has 0 spiro atoms. The smallest absolute Gasteiger partial charge is 0.176 e. The number of aromatic nitrogens is 3. The molecule has 0 unspecified atom stereocenters. The van der Waals surface area contributed by atoms with Crippen LogP contribution in [0.4, 0.5) is 0 Å². The molecule has 0 bridgehead atoms. The van der Waals surface area contributed by atoms with Crippen LogP contribution in [0, 0.1) is 13.1 Å². The van der Waals surface area contributed by atoms with Crippen molar-refractivity contribution in [2.45, 2.75) is 32.2 Å². The molecule has 135 valence electrons. The minimum atomic E-state index is -0.387. The molecule has 2 aromatic rings. The van der Waals surface area contributed by atoms with Crippen molar-refractivity contribution in [3.63, 3.8) is 0 Å². The van der Waals surface area contributed by atoms with E-state index in [9.17, 15) is 4.79 Å². The van der Waals surface area contributed by atoms with E-state index in [2.05, 4.69) is 44.6 Å². The van der Waals surface area contributed by atoms with Crippen molar-refractivity contribution in [1.82, 2.24) is 20.3 Å². The number of aryl methyl sites for hydroxylation is 2. The summed E-state index contributed by atoms with van der Waals surface area (Å²) in [6.07, 6.45) is 7.62. The molecule has 0 aliphatic carbocycles. The van der Waals surface area contributed by atoms with E-state index in [1.807, 2.05) is 17.4 Å². The Balaban J connectivity index is 0.00000288. The van der Waals surface area contributed by atoms with Gasteiger partial charge in [-0.15, -0.1) is 11.5 Å². The zero-order valence-corrected chi connectivity index (χ0v) is 18.5. The molecule has 25 heavy (non-hydrogen) atoms. The molecule has 0 amide bonds. The number of rotatable bonds is 10. The van der Waals surface area contributed by atoms with Crippen LogP contribution < -0.4 is 5.32 Å². The van der Waals surface area contributed by atoms with Gasteiger partial charge in [-0.05, 0) is 24.8 Å². The Morgan fingerprint density at radius 3 is 2.60 bits per heavy atom. The molecule has 1 N–H and O–H groups in total. The predicted molar refractivity (Wildman–Crippen MR) is 86.9 cm³/mol. The van der Waals surface area contributed by atoms with Crippen LogP contribution in [0.15, 0.2) is 36.7 Å². The molecule has 0 saturated carbocycles. The van der Waals surface area contributed by atoms with E-state index in [1.54, 1.807) is 6.20 Å². The number of nitrogens with one attached hydrogen (secondary N) is 1. The van der Waals surface area contributed by atoms with Crippen LogP contribution in [0.2, 0.25) is 0 Å². The summed E-state index contributed by atoms with van der Waals surface area (Å²) in [4.78, 5) is 10.9. The van der Waals surface area contributed by atoms with Gasteiger partial charge in [0.25, 0.3) is 0 Å². The van der Waals surface area contributed by atoms with E-state index in [-0.39, 0.29) is 45.6 Å². The van der Waals surface area contributed by atoms with E-state index < -0.39 is 0 Å². The topological polar surface area (TPSA) is 69.0 Å². The summed E-state index contributed by atoms with van der Waals surface area (Å²) < 4.78 is 6.36. The predicted octanol–water partition coefficient (Wildman–Crippen LogP) is 1.92. The summed E-state index contributed by atoms with van der Waals surface area (Å²) in [6, 6.07) is 8.54. The van der Waals surface area contributed by atoms with Gasteiger partial charge in [0.1, 0.15) is 0 Å². The number of hydrogen-bond acceptors (Lipinski definition) is 5. The average molecular weight is 549 g/mol. The molecule has 0 saturated heterocycles. The van der Waals surface area contributed by atoms with E-state index in [4.69, 9.17) is 0 Å². The zero-order valence-electron chi connectivity index (χ0n) is 14.2. The molecule has 0 fully saturated rings. The SMILES string of the molecule is COC(=O)[CH-]N[CH-]Cc1ccc(CCCCn2ccnn2)cc1.[V].[W]. The van der Waals surface area contributed by atoms with E-state index in [0.29, 0.717) is 0 Å². The Kier molecular flexibility index (Phi) is 13.5. The second-order valence-electron chi connectivity index (χ2n) is 5.18. The van der Waals surface area contributed by atoms with Crippen LogP contribution in [0.3, 0.4) is 0 Å².